The Hall–Kier alpha value is -1.93. The van der Waals surface area contributed by atoms with E-state index in [0.717, 1.165) is 10.5 Å². The third-order valence-electron chi connectivity index (χ3n) is 2.97. The Labute approximate surface area is 110 Å². The Morgan fingerprint density at radius 3 is 2.44 bits per heavy atom. The van der Waals surface area contributed by atoms with Crippen LogP contribution in [0, 0.1) is 0 Å². The van der Waals surface area contributed by atoms with Crippen molar-refractivity contribution in [3.8, 4) is 0 Å². The number of aromatic nitrogens is 1. The second kappa shape index (κ2) is 4.75. The number of thiazole rings is 1. The van der Waals surface area contributed by atoms with Crippen LogP contribution in [-0.2, 0) is 0 Å². The van der Waals surface area contributed by atoms with Crippen LogP contribution in [0.5, 0.6) is 0 Å². The minimum absolute atomic E-state index is 0.184. The van der Waals surface area contributed by atoms with Gasteiger partial charge < -0.3 is 0 Å². The molecule has 2 heteroatoms. The van der Waals surface area contributed by atoms with Crippen molar-refractivity contribution in [2.45, 2.75) is 5.92 Å². The van der Waals surface area contributed by atoms with Crippen molar-refractivity contribution in [1.29, 1.82) is 0 Å². The van der Waals surface area contributed by atoms with Crippen molar-refractivity contribution < 1.29 is 0 Å². The van der Waals surface area contributed by atoms with E-state index in [1.807, 2.05) is 18.2 Å². The molecule has 0 amide bonds. The predicted octanol–water partition coefficient (Wildman–Crippen LogP) is 4.61. The van der Waals surface area contributed by atoms with Gasteiger partial charge in [0.15, 0.2) is 0 Å². The zero-order valence-corrected chi connectivity index (χ0v) is 10.7. The van der Waals surface area contributed by atoms with Crippen LogP contribution in [-0.4, -0.2) is 4.98 Å². The minimum Gasteiger partial charge on any atom is -0.240 e. The monoisotopic (exact) mass is 251 g/mol. The lowest BCUT2D eigenvalue weighted by molar-refractivity contribution is 1.01. The maximum Gasteiger partial charge on any atom is 0.105 e. The number of allylic oxidation sites excluding steroid dienone is 1. The molecule has 3 aromatic rings. The second-order valence-electron chi connectivity index (χ2n) is 4.14. The highest BCUT2D eigenvalue weighted by molar-refractivity contribution is 7.18. The maximum absolute atomic E-state index is 4.71. The van der Waals surface area contributed by atoms with Crippen molar-refractivity contribution >= 4 is 21.6 Å². The van der Waals surface area contributed by atoms with Gasteiger partial charge in [-0.05, 0) is 17.7 Å². The SMILES string of the molecule is C=CC(c1ccccc1)c1nc2ccccc2s1. The zero-order chi connectivity index (χ0) is 12.4. The lowest BCUT2D eigenvalue weighted by Crippen LogP contribution is -1.95. The number of rotatable bonds is 3. The Balaban J connectivity index is 2.09. The molecule has 18 heavy (non-hydrogen) atoms. The number of para-hydroxylation sites is 1. The van der Waals surface area contributed by atoms with Crippen LogP contribution in [0.25, 0.3) is 10.2 Å². The zero-order valence-electron chi connectivity index (χ0n) is 9.91. The number of benzene rings is 2. The van der Waals surface area contributed by atoms with E-state index in [9.17, 15) is 0 Å². The van der Waals surface area contributed by atoms with Crippen LogP contribution >= 0.6 is 11.3 Å². The van der Waals surface area contributed by atoms with Gasteiger partial charge in [-0.3, -0.25) is 0 Å². The molecule has 0 saturated heterocycles. The first kappa shape index (κ1) is 11.2. The molecule has 1 nitrogen and oxygen atoms in total. The molecule has 0 N–H and O–H groups in total. The summed E-state index contributed by atoms with van der Waals surface area (Å²) in [6.07, 6.45) is 1.97. The Morgan fingerprint density at radius 1 is 1.00 bits per heavy atom. The van der Waals surface area contributed by atoms with Crippen molar-refractivity contribution in [3.05, 3.63) is 77.8 Å². The number of hydrogen-bond acceptors (Lipinski definition) is 2. The van der Waals surface area contributed by atoms with Gasteiger partial charge in [0.2, 0.25) is 0 Å². The molecule has 0 saturated carbocycles. The summed E-state index contributed by atoms with van der Waals surface area (Å²) in [5.74, 6) is 0.184. The van der Waals surface area contributed by atoms with E-state index >= 15 is 0 Å². The first-order chi connectivity index (χ1) is 8.88. The van der Waals surface area contributed by atoms with Crippen LogP contribution in [0.4, 0.5) is 0 Å². The summed E-state index contributed by atoms with van der Waals surface area (Å²) in [5.41, 5.74) is 2.31. The molecule has 3 rings (SSSR count). The van der Waals surface area contributed by atoms with Gasteiger partial charge in [0.1, 0.15) is 5.01 Å². The predicted molar refractivity (Wildman–Crippen MR) is 78.1 cm³/mol. The number of fused-ring (bicyclic) bond motifs is 1. The number of hydrogen-bond donors (Lipinski definition) is 0. The van der Waals surface area contributed by atoms with Crippen molar-refractivity contribution in [2.24, 2.45) is 0 Å². The maximum atomic E-state index is 4.71. The highest BCUT2D eigenvalue weighted by Crippen LogP contribution is 2.32. The molecule has 0 bridgehead atoms. The van der Waals surface area contributed by atoms with Crippen LogP contribution in [0.2, 0.25) is 0 Å². The van der Waals surface area contributed by atoms with Gasteiger partial charge in [-0.15, -0.1) is 17.9 Å². The highest BCUT2D eigenvalue weighted by atomic mass is 32.1. The molecular weight excluding hydrogens is 238 g/mol. The lowest BCUT2D eigenvalue weighted by Gasteiger charge is -2.08. The molecule has 1 unspecified atom stereocenters. The molecule has 1 atom stereocenters. The molecule has 88 valence electrons. The van der Waals surface area contributed by atoms with E-state index in [2.05, 4.69) is 49.0 Å². The molecule has 0 aliphatic rings. The molecular formula is C16H13NS. The molecule has 1 heterocycles. The van der Waals surface area contributed by atoms with Gasteiger partial charge in [-0.2, -0.15) is 0 Å². The van der Waals surface area contributed by atoms with E-state index in [1.54, 1.807) is 11.3 Å². The molecule has 0 radical (unpaired) electrons. The smallest absolute Gasteiger partial charge is 0.105 e. The van der Waals surface area contributed by atoms with Crippen molar-refractivity contribution in [3.63, 3.8) is 0 Å². The third kappa shape index (κ3) is 1.95. The fourth-order valence-corrected chi connectivity index (χ4v) is 3.16. The van der Waals surface area contributed by atoms with Gasteiger partial charge in [0.25, 0.3) is 0 Å². The fraction of sp³-hybridized carbons (Fsp3) is 0.0625. The second-order valence-corrected chi connectivity index (χ2v) is 5.21. The quantitative estimate of drug-likeness (QED) is 0.619. The Kier molecular flexibility index (Phi) is 2.95. The van der Waals surface area contributed by atoms with Gasteiger partial charge in [-0.25, -0.2) is 4.98 Å². The van der Waals surface area contributed by atoms with E-state index in [-0.39, 0.29) is 5.92 Å². The van der Waals surface area contributed by atoms with E-state index < -0.39 is 0 Å². The minimum atomic E-state index is 0.184. The lowest BCUT2D eigenvalue weighted by atomic mass is 10.0. The van der Waals surface area contributed by atoms with Gasteiger partial charge >= 0.3 is 0 Å². The van der Waals surface area contributed by atoms with Gasteiger partial charge in [0.05, 0.1) is 16.1 Å². The van der Waals surface area contributed by atoms with Crippen LogP contribution < -0.4 is 0 Å². The molecule has 1 aromatic heterocycles. The standard InChI is InChI=1S/C16H13NS/c1-2-13(12-8-4-3-5-9-12)16-17-14-10-6-7-11-15(14)18-16/h2-11,13H,1H2. The highest BCUT2D eigenvalue weighted by Gasteiger charge is 2.14. The summed E-state index contributed by atoms with van der Waals surface area (Å²) < 4.78 is 1.23. The normalized spacial score (nSPS) is 12.4. The topological polar surface area (TPSA) is 12.9 Å². The largest absolute Gasteiger partial charge is 0.240 e. The number of nitrogens with zero attached hydrogens (tertiary/aromatic N) is 1. The fourth-order valence-electron chi connectivity index (χ4n) is 2.06. The van der Waals surface area contributed by atoms with Crippen molar-refractivity contribution in [1.82, 2.24) is 4.98 Å². The van der Waals surface area contributed by atoms with E-state index in [1.165, 1.54) is 10.3 Å². The summed E-state index contributed by atoms with van der Waals surface area (Å²) in [4.78, 5) is 4.71. The Morgan fingerprint density at radius 2 is 1.72 bits per heavy atom. The summed E-state index contributed by atoms with van der Waals surface area (Å²) >= 11 is 1.74. The summed E-state index contributed by atoms with van der Waals surface area (Å²) in [7, 11) is 0. The van der Waals surface area contributed by atoms with E-state index in [4.69, 9.17) is 4.98 Å². The summed E-state index contributed by atoms with van der Waals surface area (Å²) in [6.45, 7) is 3.95. The van der Waals surface area contributed by atoms with Crippen LogP contribution in [0.3, 0.4) is 0 Å². The van der Waals surface area contributed by atoms with E-state index in [0.29, 0.717) is 0 Å². The van der Waals surface area contributed by atoms with Gasteiger partial charge in [-0.1, -0.05) is 48.5 Å². The summed E-state index contributed by atoms with van der Waals surface area (Å²) in [6, 6.07) is 18.6. The van der Waals surface area contributed by atoms with Crippen LogP contribution in [0.1, 0.15) is 16.5 Å². The molecule has 2 aromatic carbocycles. The molecule has 0 aliphatic carbocycles. The Bertz CT molecular complexity index is 637. The summed E-state index contributed by atoms with van der Waals surface area (Å²) in [5, 5.41) is 1.11. The average molecular weight is 251 g/mol. The van der Waals surface area contributed by atoms with Crippen LogP contribution in [0.15, 0.2) is 67.3 Å². The molecule has 0 aliphatic heterocycles. The average Bonchev–Trinajstić information content (AvgIpc) is 2.84. The first-order valence-corrected chi connectivity index (χ1v) is 6.73. The third-order valence-corrected chi connectivity index (χ3v) is 4.09. The van der Waals surface area contributed by atoms with Gasteiger partial charge in [0, 0.05) is 0 Å². The van der Waals surface area contributed by atoms with Crippen molar-refractivity contribution in [2.75, 3.05) is 0 Å². The first-order valence-electron chi connectivity index (χ1n) is 5.91. The molecule has 0 spiro atoms. The molecule has 0 fully saturated rings.